The van der Waals surface area contributed by atoms with Crippen LogP contribution in [-0.2, 0) is 20.4 Å². The van der Waals surface area contributed by atoms with Crippen LogP contribution in [0, 0.1) is 6.92 Å². The van der Waals surface area contributed by atoms with Crippen molar-refractivity contribution < 1.29 is 13.2 Å². The number of para-hydroxylation sites is 1. The number of hydrogen-bond acceptors (Lipinski definition) is 4. The number of carbonyl (C=O) groups is 1. The number of amides is 1. The molecule has 1 aromatic carbocycles. The topological polar surface area (TPSA) is 95.1 Å². The van der Waals surface area contributed by atoms with Crippen LogP contribution in [-0.4, -0.2) is 29.4 Å². The predicted octanol–water partition coefficient (Wildman–Crippen LogP) is 1.62. The zero-order valence-electron chi connectivity index (χ0n) is 12.2. The average Bonchev–Trinajstić information content (AvgIpc) is 2.75. The molecule has 0 aliphatic heterocycles. The van der Waals surface area contributed by atoms with Gasteiger partial charge in [-0.25, -0.2) is 13.1 Å². The van der Waals surface area contributed by atoms with Gasteiger partial charge in [0.25, 0.3) is 0 Å². The number of primary amides is 1. The van der Waals surface area contributed by atoms with E-state index < -0.39 is 21.0 Å². The maximum absolute atomic E-state index is 12.2. The molecule has 1 atom stereocenters. The van der Waals surface area contributed by atoms with Crippen molar-refractivity contribution in [3.63, 3.8) is 0 Å². The lowest BCUT2D eigenvalue weighted by Gasteiger charge is -2.09. The van der Waals surface area contributed by atoms with Crippen molar-refractivity contribution in [3.8, 4) is 5.69 Å². The summed E-state index contributed by atoms with van der Waals surface area (Å²) in [6, 6.07) is 9.13. The van der Waals surface area contributed by atoms with Crippen LogP contribution in [0.5, 0.6) is 0 Å². The third-order valence-corrected chi connectivity index (χ3v) is 5.80. The quantitative estimate of drug-likeness (QED) is 0.894. The second kappa shape index (κ2) is 6.10. The van der Waals surface area contributed by atoms with Gasteiger partial charge in [-0.3, -0.25) is 4.79 Å². The lowest BCUT2D eigenvalue weighted by molar-refractivity contribution is -0.117. The number of benzene rings is 1. The SMILES string of the molecule is Cc1nn(-c2ccccc2)c(Cl)c1CS(=O)(=O)[C@H](C)C(N)=O. The van der Waals surface area contributed by atoms with Gasteiger partial charge in [0.15, 0.2) is 9.84 Å². The van der Waals surface area contributed by atoms with E-state index in [2.05, 4.69) is 5.10 Å². The van der Waals surface area contributed by atoms with Crippen molar-refractivity contribution in [3.05, 3.63) is 46.7 Å². The number of halogens is 1. The second-order valence-corrected chi connectivity index (χ2v) is 7.63. The third kappa shape index (κ3) is 3.15. The second-order valence-electron chi connectivity index (χ2n) is 4.95. The van der Waals surface area contributed by atoms with Gasteiger partial charge < -0.3 is 5.73 Å². The van der Waals surface area contributed by atoms with Gasteiger partial charge in [-0.2, -0.15) is 5.10 Å². The number of hydrogen-bond donors (Lipinski definition) is 1. The van der Waals surface area contributed by atoms with Gasteiger partial charge in [-0.1, -0.05) is 29.8 Å². The molecule has 1 heterocycles. The summed E-state index contributed by atoms with van der Waals surface area (Å²) in [5, 5.41) is 3.21. The molecule has 0 radical (unpaired) electrons. The normalized spacial score (nSPS) is 13.0. The fraction of sp³-hybridized carbons (Fsp3) is 0.286. The Hall–Kier alpha value is -1.86. The molecular weight excluding hydrogens is 326 g/mol. The van der Waals surface area contributed by atoms with E-state index in [9.17, 15) is 13.2 Å². The highest BCUT2D eigenvalue weighted by molar-refractivity contribution is 7.92. The molecule has 0 spiro atoms. The van der Waals surface area contributed by atoms with E-state index in [1.165, 1.54) is 11.6 Å². The van der Waals surface area contributed by atoms with Crippen molar-refractivity contribution >= 4 is 27.3 Å². The molecule has 0 aliphatic carbocycles. The summed E-state index contributed by atoms with van der Waals surface area (Å²) in [5.74, 6) is -1.27. The minimum atomic E-state index is -3.74. The van der Waals surface area contributed by atoms with Crippen LogP contribution in [0.3, 0.4) is 0 Å². The third-order valence-electron chi connectivity index (χ3n) is 3.41. The van der Waals surface area contributed by atoms with E-state index in [1.807, 2.05) is 30.3 Å². The number of nitrogens with zero attached hydrogens (tertiary/aromatic N) is 2. The molecule has 2 N–H and O–H groups in total. The summed E-state index contributed by atoms with van der Waals surface area (Å²) in [6.07, 6.45) is 0. The molecule has 2 aromatic rings. The van der Waals surface area contributed by atoms with Gasteiger partial charge in [-0.05, 0) is 26.0 Å². The van der Waals surface area contributed by atoms with Crippen molar-refractivity contribution in [2.24, 2.45) is 5.73 Å². The summed E-state index contributed by atoms with van der Waals surface area (Å²) in [4.78, 5) is 11.1. The molecule has 0 bridgehead atoms. The molecule has 0 saturated heterocycles. The molecule has 118 valence electrons. The first kappa shape index (κ1) is 16.5. The lowest BCUT2D eigenvalue weighted by Crippen LogP contribution is -2.34. The molecule has 0 saturated carbocycles. The Bertz CT molecular complexity index is 800. The molecule has 1 aromatic heterocycles. The van der Waals surface area contributed by atoms with Crippen LogP contribution in [0.2, 0.25) is 5.15 Å². The zero-order valence-corrected chi connectivity index (χ0v) is 13.7. The highest BCUT2D eigenvalue weighted by atomic mass is 35.5. The predicted molar refractivity (Wildman–Crippen MR) is 84.6 cm³/mol. The number of aromatic nitrogens is 2. The van der Waals surface area contributed by atoms with Crippen LogP contribution >= 0.6 is 11.6 Å². The van der Waals surface area contributed by atoms with Gasteiger partial charge >= 0.3 is 0 Å². The summed E-state index contributed by atoms with van der Waals surface area (Å²) in [7, 11) is -3.74. The maximum atomic E-state index is 12.2. The Labute approximate surface area is 133 Å². The molecular formula is C14H16ClN3O3S. The Morgan fingerprint density at radius 1 is 1.36 bits per heavy atom. The number of sulfone groups is 1. The summed E-state index contributed by atoms with van der Waals surface area (Å²) >= 11 is 6.27. The number of aryl methyl sites for hydroxylation is 1. The lowest BCUT2D eigenvalue weighted by atomic mass is 10.3. The van der Waals surface area contributed by atoms with Gasteiger partial charge in [-0.15, -0.1) is 0 Å². The van der Waals surface area contributed by atoms with Gasteiger partial charge in [0.2, 0.25) is 5.91 Å². The molecule has 1 amide bonds. The minimum Gasteiger partial charge on any atom is -0.369 e. The van der Waals surface area contributed by atoms with E-state index in [1.54, 1.807) is 6.92 Å². The molecule has 22 heavy (non-hydrogen) atoms. The highest BCUT2D eigenvalue weighted by Gasteiger charge is 2.29. The van der Waals surface area contributed by atoms with Crippen molar-refractivity contribution in [1.29, 1.82) is 0 Å². The first-order chi connectivity index (χ1) is 10.2. The Morgan fingerprint density at radius 2 is 1.95 bits per heavy atom. The zero-order chi connectivity index (χ0) is 16.5. The van der Waals surface area contributed by atoms with Crippen molar-refractivity contribution in [1.82, 2.24) is 9.78 Å². The van der Waals surface area contributed by atoms with Crippen LogP contribution in [0.25, 0.3) is 5.69 Å². The standard InChI is InChI=1S/C14H16ClN3O3S/c1-9-12(8-22(20,21)10(2)14(16)19)13(15)18(17-9)11-6-4-3-5-7-11/h3-7,10H,8H2,1-2H3,(H2,16,19)/t10-/m1/s1. The van der Waals surface area contributed by atoms with E-state index >= 15 is 0 Å². The molecule has 6 nitrogen and oxygen atoms in total. The first-order valence-corrected chi connectivity index (χ1v) is 8.63. The van der Waals surface area contributed by atoms with Crippen molar-refractivity contribution in [2.75, 3.05) is 0 Å². The van der Waals surface area contributed by atoms with Crippen molar-refractivity contribution in [2.45, 2.75) is 24.9 Å². The van der Waals surface area contributed by atoms with Gasteiger partial charge in [0.05, 0.1) is 17.1 Å². The molecule has 0 fully saturated rings. The monoisotopic (exact) mass is 341 g/mol. The largest absolute Gasteiger partial charge is 0.369 e. The Balaban J connectivity index is 2.43. The van der Waals surface area contributed by atoms with E-state index in [-0.39, 0.29) is 10.9 Å². The number of rotatable bonds is 5. The Morgan fingerprint density at radius 3 is 2.50 bits per heavy atom. The van der Waals surface area contributed by atoms with E-state index in [4.69, 9.17) is 17.3 Å². The Kier molecular flexibility index (Phi) is 4.58. The summed E-state index contributed by atoms with van der Waals surface area (Å²) in [5.41, 5.74) is 6.67. The first-order valence-electron chi connectivity index (χ1n) is 6.54. The van der Waals surface area contributed by atoms with Gasteiger partial charge in [0.1, 0.15) is 10.4 Å². The number of nitrogens with two attached hydrogens (primary N) is 1. The maximum Gasteiger partial charge on any atom is 0.235 e. The number of carbonyl (C=O) groups excluding carboxylic acids is 1. The molecule has 2 rings (SSSR count). The fourth-order valence-corrected chi connectivity index (χ4v) is 3.71. The smallest absolute Gasteiger partial charge is 0.235 e. The molecule has 8 heteroatoms. The highest BCUT2D eigenvalue weighted by Crippen LogP contribution is 2.26. The molecule has 0 unspecified atom stereocenters. The van der Waals surface area contributed by atoms with Crippen LogP contribution < -0.4 is 5.73 Å². The minimum absolute atomic E-state index is 0.212. The van der Waals surface area contributed by atoms with Gasteiger partial charge in [0, 0.05) is 5.56 Å². The molecule has 0 aliphatic rings. The van der Waals surface area contributed by atoms with Crippen LogP contribution in [0.4, 0.5) is 0 Å². The van der Waals surface area contributed by atoms with E-state index in [0.717, 1.165) is 5.69 Å². The van der Waals surface area contributed by atoms with E-state index in [0.29, 0.717) is 11.3 Å². The van der Waals surface area contributed by atoms with Crippen LogP contribution in [0.1, 0.15) is 18.2 Å². The summed E-state index contributed by atoms with van der Waals surface area (Å²) < 4.78 is 25.9. The fourth-order valence-electron chi connectivity index (χ4n) is 1.94. The van der Waals surface area contributed by atoms with Crippen LogP contribution in [0.15, 0.2) is 30.3 Å². The average molecular weight is 342 g/mol. The summed E-state index contributed by atoms with van der Waals surface area (Å²) in [6.45, 7) is 2.94.